The fourth-order valence-corrected chi connectivity index (χ4v) is 5.21. The Balaban J connectivity index is 1.44. The normalized spacial score (nSPS) is 19.9. The lowest BCUT2D eigenvalue weighted by Crippen LogP contribution is -2.55. The number of fused-ring (bicyclic) bond motifs is 4. The van der Waals surface area contributed by atoms with Crippen LogP contribution in [0.2, 0.25) is 0 Å². The van der Waals surface area contributed by atoms with Gasteiger partial charge >= 0.3 is 6.03 Å². The molecule has 2 aromatic rings. The molecule has 2 N–H and O–H groups in total. The van der Waals surface area contributed by atoms with E-state index >= 15 is 0 Å². The molecule has 33 heavy (non-hydrogen) atoms. The predicted octanol–water partition coefficient (Wildman–Crippen LogP) is 2.75. The molecule has 176 valence electrons. The fourth-order valence-electron chi connectivity index (χ4n) is 4.74. The number of anilines is 1. The molecule has 0 saturated carbocycles. The number of aromatic nitrogens is 1. The summed E-state index contributed by atoms with van der Waals surface area (Å²) in [6, 6.07) is 11.6. The first-order chi connectivity index (χ1) is 16.0. The Bertz CT molecular complexity index is 1070. The smallest absolute Gasteiger partial charge is 0.318 e. The monoisotopic (exact) mass is 470 g/mol. The second-order valence-corrected chi connectivity index (χ2v) is 9.59. The summed E-state index contributed by atoms with van der Waals surface area (Å²) in [7, 11) is 1.57. The molecule has 0 unspecified atom stereocenters. The molecule has 3 heterocycles. The van der Waals surface area contributed by atoms with Gasteiger partial charge in [-0.25, -0.2) is 4.79 Å². The number of hydrogen-bond donors (Lipinski definition) is 2. The number of carbonyl (C=O) groups is 2. The number of nitrogens with zero attached hydrogens (tertiary/aromatic N) is 2. The summed E-state index contributed by atoms with van der Waals surface area (Å²) in [6.45, 7) is 1.75. The van der Waals surface area contributed by atoms with E-state index in [1.54, 1.807) is 54.1 Å². The van der Waals surface area contributed by atoms with Gasteiger partial charge in [-0.05, 0) is 49.0 Å². The second kappa shape index (κ2) is 10.3. The van der Waals surface area contributed by atoms with Crippen LogP contribution in [0.4, 0.5) is 10.5 Å². The maximum Gasteiger partial charge on any atom is 0.318 e. The quantitative estimate of drug-likeness (QED) is 0.649. The van der Waals surface area contributed by atoms with Gasteiger partial charge < -0.3 is 24.8 Å². The van der Waals surface area contributed by atoms with Crippen molar-refractivity contribution in [3.63, 3.8) is 0 Å². The molecule has 2 bridgehead atoms. The highest BCUT2D eigenvalue weighted by Crippen LogP contribution is 2.34. The Morgan fingerprint density at radius 2 is 2.00 bits per heavy atom. The van der Waals surface area contributed by atoms with Crippen molar-refractivity contribution in [1.29, 1.82) is 0 Å². The molecular weight excluding hydrogens is 440 g/mol. The van der Waals surface area contributed by atoms with E-state index in [0.717, 1.165) is 17.9 Å². The van der Waals surface area contributed by atoms with E-state index in [4.69, 9.17) is 4.74 Å². The molecule has 9 heteroatoms. The number of benzene rings is 1. The minimum atomic E-state index is -0.646. The Kier molecular flexibility index (Phi) is 7.27. The lowest BCUT2D eigenvalue weighted by molar-refractivity contribution is -0.118. The maximum atomic E-state index is 13.2. The van der Waals surface area contributed by atoms with E-state index in [1.807, 2.05) is 23.0 Å². The molecule has 1 aromatic carbocycles. The minimum absolute atomic E-state index is 0.0199. The Labute approximate surface area is 197 Å². The van der Waals surface area contributed by atoms with Crippen LogP contribution in [0.3, 0.4) is 0 Å². The van der Waals surface area contributed by atoms with Gasteiger partial charge in [-0.1, -0.05) is 12.1 Å². The topological polar surface area (TPSA) is 92.7 Å². The van der Waals surface area contributed by atoms with Gasteiger partial charge in [0.15, 0.2) is 0 Å². The molecule has 0 aliphatic carbocycles. The molecule has 2 aliphatic heterocycles. The molecule has 1 saturated heterocycles. The fraction of sp³-hybridized carbons (Fsp3) is 0.458. The highest BCUT2D eigenvalue weighted by Gasteiger charge is 2.37. The van der Waals surface area contributed by atoms with Crippen LogP contribution < -0.4 is 20.9 Å². The number of methoxy groups -OCH3 is 1. The number of likely N-dealkylation sites (tertiary alicyclic amines) is 1. The average Bonchev–Trinajstić information content (AvgIpc) is 2.82. The number of piperidine rings is 1. The van der Waals surface area contributed by atoms with Crippen molar-refractivity contribution in [3.05, 3.63) is 58.5 Å². The maximum absolute atomic E-state index is 13.2. The number of carbonyl (C=O) groups excluding carboxylic acids is 2. The van der Waals surface area contributed by atoms with Crippen molar-refractivity contribution in [2.24, 2.45) is 5.92 Å². The minimum Gasteiger partial charge on any atom is -0.497 e. The zero-order valence-corrected chi connectivity index (χ0v) is 19.8. The molecule has 1 fully saturated rings. The summed E-state index contributed by atoms with van der Waals surface area (Å²) in [5.41, 5.74) is 1.63. The number of nitrogens with one attached hydrogen (secondary N) is 2. The summed E-state index contributed by atoms with van der Waals surface area (Å²) >= 11 is 1.63. The number of pyridine rings is 1. The van der Waals surface area contributed by atoms with Crippen LogP contribution in [-0.2, 0) is 11.3 Å². The molecular formula is C24H30N4O4S. The van der Waals surface area contributed by atoms with E-state index < -0.39 is 6.04 Å². The number of rotatable bonds is 7. The van der Waals surface area contributed by atoms with Gasteiger partial charge in [0.2, 0.25) is 5.91 Å². The number of amides is 3. The van der Waals surface area contributed by atoms with Gasteiger partial charge in [-0.2, -0.15) is 11.8 Å². The van der Waals surface area contributed by atoms with Crippen LogP contribution in [0.1, 0.15) is 24.5 Å². The summed E-state index contributed by atoms with van der Waals surface area (Å²) in [6.07, 6.45) is 3.48. The van der Waals surface area contributed by atoms with Crippen LogP contribution in [0.15, 0.2) is 47.3 Å². The molecule has 3 atom stereocenters. The largest absolute Gasteiger partial charge is 0.497 e. The van der Waals surface area contributed by atoms with Gasteiger partial charge in [0.05, 0.1) is 7.11 Å². The van der Waals surface area contributed by atoms with Gasteiger partial charge in [-0.3, -0.25) is 9.59 Å². The number of hydrogen-bond acceptors (Lipinski definition) is 5. The zero-order valence-electron chi connectivity index (χ0n) is 19.0. The summed E-state index contributed by atoms with van der Waals surface area (Å²) < 4.78 is 7.07. The van der Waals surface area contributed by atoms with Crippen molar-refractivity contribution < 1.29 is 14.3 Å². The Morgan fingerprint density at radius 3 is 2.79 bits per heavy atom. The van der Waals surface area contributed by atoms with Crippen molar-refractivity contribution in [3.8, 4) is 5.75 Å². The van der Waals surface area contributed by atoms with E-state index in [-0.39, 0.29) is 29.3 Å². The highest BCUT2D eigenvalue weighted by molar-refractivity contribution is 7.98. The number of ether oxygens (including phenoxy) is 1. The Hall–Kier alpha value is -2.94. The van der Waals surface area contributed by atoms with Crippen molar-refractivity contribution in [2.45, 2.75) is 31.3 Å². The molecule has 4 rings (SSSR count). The summed E-state index contributed by atoms with van der Waals surface area (Å²) in [5, 5.41) is 5.85. The molecule has 3 amide bonds. The number of urea groups is 1. The van der Waals surface area contributed by atoms with Crippen molar-refractivity contribution in [2.75, 3.05) is 37.5 Å². The van der Waals surface area contributed by atoms with E-state index in [9.17, 15) is 14.4 Å². The summed E-state index contributed by atoms with van der Waals surface area (Å²) in [4.78, 5) is 40.2. The first kappa shape index (κ1) is 23.2. The zero-order chi connectivity index (χ0) is 23.4. The highest BCUT2D eigenvalue weighted by atomic mass is 32.2. The number of thioether (sulfide) groups is 1. The standard InChI is InChI=1S/C24H30N4O4S/c1-32-19-6-3-5-18(12-19)25-23(30)20(9-10-33-2)26-24(31)27-13-16-11-17(15-27)21-7-4-8-22(29)28(21)14-16/h3-8,12,16-17,20H,9-11,13-15H2,1-2H3,(H,25,30)(H,26,31)/t16-,17-,20-/m0/s1. The molecule has 8 nitrogen and oxygen atoms in total. The first-order valence-electron chi connectivity index (χ1n) is 11.2. The molecule has 2 aliphatic rings. The van der Waals surface area contributed by atoms with Crippen molar-refractivity contribution >= 4 is 29.4 Å². The molecule has 0 radical (unpaired) electrons. The third-order valence-electron chi connectivity index (χ3n) is 6.33. The van der Waals surface area contributed by atoms with Crippen LogP contribution in [0, 0.1) is 5.92 Å². The second-order valence-electron chi connectivity index (χ2n) is 8.61. The van der Waals surface area contributed by atoms with Gasteiger partial charge in [0, 0.05) is 49.1 Å². The lowest BCUT2D eigenvalue weighted by Gasteiger charge is -2.43. The molecule has 1 aromatic heterocycles. The average molecular weight is 471 g/mol. The third kappa shape index (κ3) is 5.35. The van der Waals surface area contributed by atoms with Gasteiger partial charge in [0.1, 0.15) is 11.8 Å². The first-order valence-corrected chi connectivity index (χ1v) is 12.6. The Morgan fingerprint density at radius 1 is 1.18 bits per heavy atom. The van der Waals surface area contributed by atoms with Crippen LogP contribution in [0.25, 0.3) is 0 Å². The van der Waals surface area contributed by atoms with Crippen LogP contribution in [-0.4, -0.2) is 59.7 Å². The molecule has 0 spiro atoms. The predicted molar refractivity (Wildman–Crippen MR) is 130 cm³/mol. The van der Waals surface area contributed by atoms with E-state index in [0.29, 0.717) is 37.5 Å². The van der Waals surface area contributed by atoms with E-state index in [1.165, 1.54) is 0 Å². The van der Waals surface area contributed by atoms with E-state index in [2.05, 4.69) is 10.6 Å². The van der Waals surface area contributed by atoms with Crippen LogP contribution >= 0.6 is 11.8 Å². The van der Waals surface area contributed by atoms with Gasteiger partial charge in [0.25, 0.3) is 5.56 Å². The SMILES string of the molecule is COc1cccc(NC(=O)[C@H](CCSC)NC(=O)N2C[C@@H]3C[C@@H](C2)c2cccc(=O)n2C3)c1. The van der Waals surface area contributed by atoms with Gasteiger partial charge in [-0.15, -0.1) is 0 Å². The van der Waals surface area contributed by atoms with Crippen LogP contribution in [0.5, 0.6) is 5.75 Å². The lowest BCUT2D eigenvalue weighted by atomic mass is 9.83. The third-order valence-corrected chi connectivity index (χ3v) is 6.97. The van der Waals surface area contributed by atoms with Crippen molar-refractivity contribution in [1.82, 2.24) is 14.8 Å². The summed E-state index contributed by atoms with van der Waals surface area (Å²) in [5.74, 6) is 1.51.